The first-order valence-corrected chi connectivity index (χ1v) is 4.43. The molecule has 1 aromatic heterocycles. The van der Waals surface area contributed by atoms with Crippen LogP contribution < -0.4 is 0 Å². The molecule has 68 valence electrons. The molecule has 12 heavy (non-hydrogen) atoms. The summed E-state index contributed by atoms with van der Waals surface area (Å²) >= 11 is 0. The Labute approximate surface area is 73.8 Å². The van der Waals surface area contributed by atoms with Gasteiger partial charge in [-0.2, -0.15) is 5.10 Å². The molecule has 0 aliphatic carbocycles. The molecule has 1 rings (SSSR count). The molecule has 0 spiro atoms. The van der Waals surface area contributed by atoms with Gasteiger partial charge in [-0.3, -0.25) is 4.68 Å². The molecule has 0 aromatic carbocycles. The van der Waals surface area contributed by atoms with Crippen molar-refractivity contribution in [1.82, 2.24) is 14.8 Å². The van der Waals surface area contributed by atoms with Crippen molar-refractivity contribution in [1.29, 1.82) is 0 Å². The predicted molar refractivity (Wildman–Crippen MR) is 49.2 cm³/mol. The van der Waals surface area contributed by atoms with E-state index in [0.717, 1.165) is 11.6 Å². The van der Waals surface area contributed by atoms with Gasteiger partial charge in [0.25, 0.3) is 0 Å². The third kappa shape index (κ3) is 1.65. The highest BCUT2D eigenvalue weighted by molar-refractivity contribution is 5.00. The third-order valence-electron chi connectivity index (χ3n) is 1.85. The van der Waals surface area contributed by atoms with Crippen LogP contribution in [0.2, 0.25) is 0 Å². The van der Waals surface area contributed by atoms with E-state index in [2.05, 4.69) is 37.8 Å². The average Bonchev–Trinajstić information content (AvgIpc) is 2.30. The predicted octanol–water partition coefficient (Wildman–Crippen LogP) is 2.06. The number of hydrogen-bond donors (Lipinski definition) is 0. The van der Waals surface area contributed by atoms with Crippen molar-refractivity contribution in [2.45, 2.75) is 39.5 Å². The van der Waals surface area contributed by atoms with E-state index >= 15 is 0 Å². The van der Waals surface area contributed by atoms with Crippen LogP contribution >= 0.6 is 0 Å². The minimum Gasteiger partial charge on any atom is -0.253 e. The van der Waals surface area contributed by atoms with Gasteiger partial charge in [-0.15, -0.1) is 0 Å². The summed E-state index contributed by atoms with van der Waals surface area (Å²) in [5.74, 6) is 2.89. The van der Waals surface area contributed by atoms with Gasteiger partial charge in [0, 0.05) is 18.9 Å². The summed E-state index contributed by atoms with van der Waals surface area (Å²) in [6, 6.07) is 0. The molecule has 0 N–H and O–H groups in total. The van der Waals surface area contributed by atoms with E-state index in [9.17, 15) is 0 Å². The van der Waals surface area contributed by atoms with Gasteiger partial charge in [-0.05, 0) is 0 Å². The van der Waals surface area contributed by atoms with Crippen LogP contribution in [0.1, 0.15) is 51.2 Å². The van der Waals surface area contributed by atoms with Gasteiger partial charge in [0.15, 0.2) is 5.82 Å². The molecular weight excluding hydrogens is 150 g/mol. The fraction of sp³-hybridized carbons (Fsp3) is 0.778. The monoisotopic (exact) mass is 167 g/mol. The molecule has 0 saturated carbocycles. The van der Waals surface area contributed by atoms with E-state index in [4.69, 9.17) is 0 Å². The zero-order valence-corrected chi connectivity index (χ0v) is 8.50. The molecule has 0 radical (unpaired) electrons. The van der Waals surface area contributed by atoms with Crippen LogP contribution in [0, 0.1) is 0 Å². The zero-order valence-electron chi connectivity index (χ0n) is 8.50. The lowest BCUT2D eigenvalue weighted by molar-refractivity contribution is 0.648. The van der Waals surface area contributed by atoms with E-state index in [1.165, 1.54) is 0 Å². The fourth-order valence-corrected chi connectivity index (χ4v) is 1.16. The van der Waals surface area contributed by atoms with Gasteiger partial charge < -0.3 is 0 Å². The topological polar surface area (TPSA) is 30.7 Å². The van der Waals surface area contributed by atoms with Gasteiger partial charge in [-0.1, -0.05) is 27.7 Å². The Hall–Kier alpha value is -0.860. The molecule has 0 amide bonds. The largest absolute Gasteiger partial charge is 0.253 e. The van der Waals surface area contributed by atoms with Crippen molar-refractivity contribution in [3.8, 4) is 0 Å². The molecule has 0 atom stereocenters. The van der Waals surface area contributed by atoms with Crippen molar-refractivity contribution in [2.24, 2.45) is 7.05 Å². The molecule has 0 unspecified atom stereocenters. The molecule has 0 bridgehead atoms. The van der Waals surface area contributed by atoms with E-state index < -0.39 is 0 Å². The maximum absolute atomic E-state index is 4.46. The first kappa shape index (κ1) is 9.23. The Morgan fingerprint density at radius 2 is 1.67 bits per heavy atom. The lowest BCUT2D eigenvalue weighted by atomic mass is 10.2. The highest BCUT2D eigenvalue weighted by Gasteiger charge is 2.11. The summed E-state index contributed by atoms with van der Waals surface area (Å²) in [7, 11) is 1.95. The quantitative estimate of drug-likeness (QED) is 0.675. The number of aryl methyl sites for hydroxylation is 1. The SMILES string of the molecule is CC(C)c1nc(C(C)C)n(C)n1. The minimum absolute atomic E-state index is 0.420. The Bertz CT molecular complexity index is 261. The van der Waals surface area contributed by atoms with E-state index in [0.29, 0.717) is 11.8 Å². The summed E-state index contributed by atoms with van der Waals surface area (Å²) in [6.07, 6.45) is 0. The van der Waals surface area contributed by atoms with Crippen molar-refractivity contribution in [2.75, 3.05) is 0 Å². The lowest BCUT2D eigenvalue weighted by Gasteiger charge is -2.00. The first-order chi connectivity index (χ1) is 5.52. The third-order valence-corrected chi connectivity index (χ3v) is 1.85. The van der Waals surface area contributed by atoms with Gasteiger partial charge in [-0.25, -0.2) is 4.98 Å². The summed E-state index contributed by atoms with van der Waals surface area (Å²) in [4.78, 5) is 4.46. The van der Waals surface area contributed by atoms with Crippen LogP contribution in [-0.4, -0.2) is 14.8 Å². The van der Waals surface area contributed by atoms with Crippen LogP contribution in [0.3, 0.4) is 0 Å². The van der Waals surface area contributed by atoms with Crippen molar-refractivity contribution in [3.05, 3.63) is 11.6 Å². The lowest BCUT2D eigenvalue weighted by Crippen LogP contribution is -2.00. The number of rotatable bonds is 2. The van der Waals surface area contributed by atoms with Crippen LogP contribution in [0.25, 0.3) is 0 Å². The molecule has 3 nitrogen and oxygen atoms in total. The highest BCUT2D eigenvalue weighted by atomic mass is 15.3. The standard InChI is InChI=1S/C9H17N3/c1-6(2)8-10-9(7(3)4)12(5)11-8/h6-7H,1-5H3. The number of aromatic nitrogens is 3. The highest BCUT2D eigenvalue weighted by Crippen LogP contribution is 2.14. The van der Waals surface area contributed by atoms with Crippen molar-refractivity contribution >= 4 is 0 Å². The normalized spacial score (nSPS) is 11.6. The van der Waals surface area contributed by atoms with Crippen LogP contribution in [-0.2, 0) is 7.05 Å². The second kappa shape index (κ2) is 3.25. The molecule has 3 heteroatoms. The smallest absolute Gasteiger partial charge is 0.153 e. The second-order valence-electron chi connectivity index (χ2n) is 3.76. The second-order valence-corrected chi connectivity index (χ2v) is 3.76. The Morgan fingerprint density at radius 3 is 1.92 bits per heavy atom. The Morgan fingerprint density at radius 1 is 1.08 bits per heavy atom. The van der Waals surface area contributed by atoms with Gasteiger partial charge in [0.05, 0.1) is 0 Å². The van der Waals surface area contributed by atoms with E-state index in [-0.39, 0.29) is 0 Å². The molecular formula is C9H17N3. The van der Waals surface area contributed by atoms with Gasteiger partial charge in [0.2, 0.25) is 0 Å². The van der Waals surface area contributed by atoms with Crippen molar-refractivity contribution < 1.29 is 0 Å². The van der Waals surface area contributed by atoms with Gasteiger partial charge in [0.1, 0.15) is 5.82 Å². The molecule has 0 saturated heterocycles. The molecule has 0 aliphatic heterocycles. The zero-order chi connectivity index (χ0) is 9.30. The minimum atomic E-state index is 0.420. The Kier molecular flexibility index (Phi) is 2.50. The maximum Gasteiger partial charge on any atom is 0.153 e. The van der Waals surface area contributed by atoms with Crippen LogP contribution in [0.4, 0.5) is 0 Å². The summed E-state index contributed by atoms with van der Waals surface area (Å²) in [5, 5.41) is 4.34. The van der Waals surface area contributed by atoms with Gasteiger partial charge >= 0.3 is 0 Å². The number of nitrogens with zero attached hydrogens (tertiary/aromatic N) is 3. The average molecular weight is 167 g/mol. The Balaban J connectivity index is 3.00. The number of hydrogen-bond acceptors (Lipinski definition) is 2. The maximum atomic E-state index is 4.46. The van der Waals surface area contributed by atoms with Crippen molar-refractivity contribution in [3.63, 3.8) is 0 Å². The van der Waals surface area contributed by atoms with E-state index in [1.54, 1.807) is 0 Å². The molecule has 0 aliphatic rings. The molecule has 0 fully saturated rings. The van der Waals surface area contributed by atoms with E-state index in [1.807, 2.05) is 11.7 Å². The summed E-state index contributed by atoms with van der Waals surface area (Å²) < 4.78 is 1.88. The fourth-order valence-electron chi connectivity index (χ4n) is 1.16. The molecule has 1 aromatic rings. The summed E-state index contributed by atoms with van der Waals surface area (Å²) in [5.41, 5.74) is 0. The first-order valence-electron chi connectivity index (χ1n) is 4.43. The molecule has 1 heterocycles. The van der Waals surface area contributed by atoms with Crippen LogP contribution in [0.5, 0.6) is 0 Å². The van der Waals surface area contributed by atoms with Crippen LogP contribution in [0.15, 0.2) is 0 Å². The summed E-state index contributed by atoms with van der Waals surface area (Å²) in [6.45, 7) is 8.49.